The number of hydrogen-bond acceptors (Lipinski definition) is 3. The van der Waals surface area contributed by atoms with Gasteiger partial charge in [-0.1, -0.05) is 55.4 Å². The molecule has 0 heterocycles. The average Bonchev–Trinajstić information content (AvgIpc) is 2.55. The number of carbonyl (C=O) groups excluding carboxylic acids is 1. The van der Waals surface area contributed by atoms with Crippen LogP contribution in [0.2, 0.25) is 0 Å². The van der Waals surface area contributed by atoms with E-state index in [0.29, 0.717) is 12.5 Å². The number of benzene rings is 2. The summed E-state index contributed by atoms with van der Waals surface area (Å²) in [5.41, 5.74) is 6.51. The van der Waals surface area contributed by atoms with Crippen molar-refractivity contribution in [2.24, 2.45) is 0 Å². The number of rotatable bonds is 5. The summed E-state index contributed by atoms with van der Waals surface area (Å²) in [5, 5.41) is 2.94. The van der Waals surface area contributed by atoms with Crippen LogP contribution < -0.4 is 10.1 Å². The van der Waals surface area contributed by atoms with E-state index >= 15 is 0 Å². The average molecular weight is 358 g/mol. The lowest BCUT2D eigenvalue weighted by Gasteiger charge is -2.18. The molecule has 1 amide bonds. The number of carbonyl (C=O) groups is 1. The Bertz CT molecular complexity index is 769. The van der Waals surface area contributed by atoms with E-state index in [4.69, 9.17) is 4.74 Å². The van der Waals surface area contributed by atoms with Gasteiger partial charge >= 0.3 is 0 Å². The molecular weight excluding hydrogens is 330 g/mol. The molecule has 0 unspecified atom stereocenters. The van der Waals surface area contributed by atoms with E-state index in [1.165, 1.54) is 22.9 Å². The molecule has 2 aromatic rings. The first-order valence-corrected chi connectivity index (χ1v) is 9.72. The third-order valence-electron chi connectivity index (χ3n) is 4.23. The highest BCUT2D eigenvalue weighted by atomic mass is 32.2. The second kappa shape index (κ2) is 8.43. The first-order chi connectivity index (χ1) is 11.8. The SMILES string of the molecule is CSC(=O)Nc1c(C)cc(C(C)C)cc1COc1ccc(C)cc1C. The maximum Gasteiger partial charge on any atom is 0.283 e. The third kappa shape index (κ3) is 5.02. The second-order valence-electron chi connectivity index (χ2n) is 6.70. The van der Waals surface area contributed by atoms with Gasteiger partial charge in [0.05, 0.1) is 5.69 Å². The van der Waals surface area contributed by atoms with Gasteiger partial charge in [-0.3, -0.25) is 4.79 Å². The van der Waals surface area contributed by atoms with Crippen LogP contribution >= 0.6 is 11.8 Å². The highest BCUT2D eigenvalue weighted by molar-refractivity contribution is 8.13. The molecule has 0 saturated carbocycles. The summed E-state index contributed by atoms with van der Waals surface area (Å²) >= 11 is 1.18. The predicted octanol–water partition coefficient (Wildman–Crippen LogP) is 6.21. The van der Waals surface area contributed by atoms with E-state index in [0.717, 1.165) is 28.1 Å². The van der Waals surface area contributed by atoms with Crippen LogP contribution in [0.25, 0.3) is 0 Å². The molecule has 134 valence electrons. The highest BCUT2D eigenvalue weighted by Gasteiger charge is 2.14. The Hall–Kier alpha value is -1.94. The number of anilines is 1. The van der Waals surface area contributed by atoms with Gasteiger partial charge in [0.25, 0.3) is 5.24 Å². The molecule has 2 aromatic carbocycles. The van der Waals surface area contributed by atoms with Gasteiger partial charge in [0, 0.05) is 5.56 Å². The van der Waals surface area contributed by atoms with Crippen LogP contribution in [0, 0.1) is 20.8 Å². The first-order valence-electron chi connectivity index (χ1n) is 8.50. The third-order valence-corrected chi connectivity index (χ3v) is 4.71. The smallest absolute Gasteiger partial charge is 0.283 e. The van der Waals surface area contributed by atoms with Crippen LogP contribution in [0.15, 0.2) is 30.3 Å². The summed E-state index contributed by atoms with van der Waals surface area (Å²) in [6.45, 7) is 10.9. The fourth-order valence-corrected chi connectivity index (χ4v) is 2.99. The molecule has 0 aliphatic rings. The van der Waals surface area contributed by atoms with Crippen molar-refractivity contribution in [2.75, 3.05) is 11.6 Å². The first kappa shape index (κ1) is 19.4. The quantitative estimate of drug-likeness (QED) is 0.691. The second-order valence-corrected chi connectivity index (χ2v) is 7.48. The Morgan fingerprint density at radius 2 is 1.84 bits per heavy atom. The molecule has 25 heavy (non-hydrogen) atoms. The van der Waals surface area contributed by atoms with Crippen LogP contribution in [0.3, 0.4) is 0 Å². The number of amides is 1. The van der Waals surface area contributed by atoms with Crippen LogP contribution in [0.5, 0.6) is 5.75 Å². The summed E-state index contributed by atoms with van der Waals surface area (Å²) in [6, 6.07) is 10.4. The van der Waals surface area contributed by atoms with Gasteiger partial charge in [0.15, 0.2) is 0 Å². The number of hydrogen-bond donors (Lipinski definition) is 1. The lowest BCUT2D eigenvalue weighted by atomic mass is 9.96. The monoisotopic (exact) mass is 357 g/mol. The summed E-state index contributed by atoms with van der Waals surface area (Å²) in [7, 11) is 0. The van der Waals surface area contributed by atoms with Gasteiger partial charge in [-0.2, -0.15) is 0 Å². The van der Waals surface area contributed by atoms with E-state index in [9.17, 15) is 4.79 Å². The van der Waals surface area contributed by atoms with Crippen LogP contribution in [-0.2, 0) is 6.61 Å². The largest absolute Gasteiger partial charge is 0.489 e. The Morgan fingerprint density at radius 3 is 2.44 bits per heavy atom. The molecule has 3 nitrogen and oxygen atoms in total. The molecule has 0 aromatic heterocycles. The molecule has 0 atom stereocenters. The Labute approximate surface area is 155 Å². The number of thioether (sulfide) groups is 1. The van der Waals surface area contributed by atoms with Gasteiger partial charge in [-0.15, -0.1) is 0 Å². The molecule has 0 fully saturated rings. The fraction of sp³-hybridized carbons (Fsp3) is 0.381. The van der Waals surface area contributed by atoms with Crippen LogP contribution in [-0.4, -0.2) is 11.5 Å². The van der Waals surface area contributed by atoms with Crippen molar-refractivity contribution in [2.45, 2.75) is 47.1 Å². The summed E-state index contributed by atoms with van der Waals surface area (Å²) < 4.78 is 6.07. The highest BCUT2D eigenvalue weighted by Crippen LogP contribution is 2.29. The van der Waals surface area contributed by atoms with Gasteiger partial charge in [-0.05, 0) is 55.7 Å². The van der Waals surface area contributed by atoms with Gasteiger partial charge in [0.2, 0.25) is 0 Å². The maximum absolute atomic E-state index is 11.9. The van der Waals surface area contributed by atoms with E-state index < -0.39 is 0 Å². The normalized spacial score (nSPS) is 10.8. The predicted molar refractivity (Wildman–Crippen MR) is 108 cm³/mol. The van der Waals surface area contributed by atoms with Crippen molar-refractivity contribution in [3.05, 3.63) is 58.1 Å². The van der Waals surface area contributed by atoms with Crippen molar-refractivity contribution >= 4 is 22.7 Å². The van der Waals surface area contributed by atoms with Crippen molar-refractivity contribution in [3.8, 4) is 5.75 Å². The molecule has 0 spiro atoms. The van der Waals surface area contributed by atoms with Crippen LogP contribution in [0.4, 0.5) is 10.5 Å². The van der Waals surface area contributed by atoms with E-state index in [-0.39, 0.29) is 5.24 Å². The van der Waals surface area contributed by atoms with Gasteiger partial charge < -0.3 is 10.1 Å². The molecule has 0 saturated heterocycles. The van der Waals surface area contributed by atoms with E-state index in [2.05, 4.69) is 57.3 Å². The minimum atomic E-state index is -0.0619. The minimum Gasteiger partial charge on any atom is -0.489 e. The molecule has 0 radical (unpaired) electrons. The molecule has 4 heteroatoms. The van der Waals surface area contributed by atoms with Crippen LogP contribution in [0.1, 0.15) is 47.6 Å². The summed E-state index contributed by atoms with van der Waals surface area (Å²) in [6.07, 6.45) is 1.78. The molecule has 1 N–H and O–H groups in total. The summed E-state index contributed by atoms with van der Waals surface area (Å²) in [5.74, 6) is 1.30. The van der Waals surface area contributed by atoms with Gasteiger partial charge in [0.1, 0.15) is 12.4 Å². The zero-order chi connectivity index (χ0) is 18.6. The molecule has 0 aliphatic carbocycles. The van der Waals surface area contributed by atoms with Crippen molar-refractivity contribution in [1.82, 2.24) is 0 Å². The lowest BCUT2D eigenvalue weighted by Crippen LogP contribution is -2.11. The molecular formula is C21H27NO2S. The maximum atomic E-state index is 11.9. The van der Waals surface area contributed by atoms with Crippen molar-refractivity contribution in [1.29, 1.82) is 0 Å². The fourth-order valence-electron chi connectivity index (χ4n) is 2.79. The standard InChI is InChI=1S/C21H27NO2S/c1-13(2)17-10-16(5)20(22-21(23)25-6)18(11-17)12-24-19-8-7-14(3)9-15(19)4/h7-11,13H,12H2,1-6H3,(H,22,23). The zero-order valence-corrected chi connectivity index (χ0v) is 16.7. The molecule has 2 rings (SSSR count). The Kier molecular flexibility index (Phi) is 6.54. The topological polar surface area (TPSA) is 38.3 Å². The Balaban J connectivity index is 2.33. The number of nitrogens with one attached hydrogen (secondary N) is 1. The van der Waals surface area contributed by atoms with Gasteiger partial charge in [-0.25, -0.2) is 0 Å². The summed E-state index contributed by atoms with van der Waals surface area (Å²) in [4.78, 5) is 11.9. The number of ether oxygens (including phenoxy) is 1. The lowest BCUT2D eigenvalue weighted by molar-refractivity contribution is 0.269. The molecule has 0 aliphatic heterocycles. The molecule has 0 bridgehead atoms. The number of aryl methyl sites for hydroxylation is 3. The van der Waals surface area contributed by atoms with E-state index in [1.54, 1.807) is 6.26 Å². The van der Waals surface area contributed by atoms with Crippen molar-refractivity contribution in [3.63, 3.8) is 0 Å². The zero-order valence-electron chi connectivity index (χ0n) is 15.9. The Morgan fingerprint density at radius 1 is 1.12 bits per heavy atom. The van der Waals surface area contributed by atoms with Crippen molar-refractivity contribution < 1.29 is 9.53 Å². The van der Waals surface area contributed by atoms with E-state index in [1.807, 2.05) is 13.0 Å². The minimum absolute atomic E-state index is 0.0619.